The molecule has 1 aliphatic heterocycles. The van der Waals surface area contributed by atoms with E-state index in [9.17, 15) is 4.79 Å². The van der Waals surface area contributed by atoms with Crippen molar-refractivity contribution in [3.05, 3.63) is 34.9 Å². The van der Waals surface area contributed by atoms with Crippen molar-refractivity contribution in [2.75, 3.05) is 13.7 Å². The van der Waals surface area contributed by atoms with Gasteiger partial charge in [-0.15, -0.1) is 12.4 Å². The first-order valence-corrected chi connectivity index (χ1v) is 5.47. The highest BCUT2D eigenvalue weighted by molar-refractivity contribution is 5.89. The number of ether oxygens (including phenoxy) is 1. The molecule has 1 heterocycles. The molecule has 0 radical (unpaired) electrons. The van der Waals surface area contributed by atoms with Crippen LogP contribution in [-0.4, -0.2) is 19.6 Å². The van der Waals surface area contributed by atoms with Gasteiger partial charge in [-0.25, -0.2) is 4.79 Å². The molecule has 2 rings (SSSR count). The van der Waals surface area contributed by atoms with E-state index in [-0.39, 0.29) is 23.8 Å². The van der Waals surface area contributed by atoms with E-state index in [4.69, 9.17) is 4.74 Å². The first-order chi connectivity index (χ1) is 7.54. The summed E-state index contributed by atoms with van der Waals surface area (Å²) in [4.78, 5) is 11.5. The lowest BCUT2D eigenvalue weighted by molar-refractivity contribution is 0.0600. The van der Waals surface area contributed by atoms with Gasteiger partial charge in [-0.3, -0.25) is 0 Å². The number of nitrogens with one attached hydrogen (secondary N) is 1. The number of carbonyl (C=O) groups is 1. The lowest BCUT2D eigenvalue weighted by atomic mass is 9.78. The molecule has 0 spiro atoms. The number of hydrogen-bond acceptors (Lipinski definition) is 3. The quantitative estimate of drug-likeness (QED) is 0.783. The van der Waals surface area contributed by atoms with Crippen molar-refractivity contribution in [3.63, 3.8) is 0 Å². The minimum absolute atomic E-state index is 0. The molecule has 1 aromatic rings. The maximum atomic E-state index is 11.5. The molecule has 0 saturated heterocycles. The third kappa shape index (κ3) is 2.61. The van der Waals surface area contributed by atoms with Crippen molar-refractivity contribution in [2.45, 2.75) is 25.8 Å². The minimum atomic E-state index is -0.267. The van der Waals surface area contributed by atoms with E-state index >= 15 is 0 Å². The van der Waals surface area contributed by atoms with Crippen molar-refractivity contribution >= 4 is 18.4 Å². The van der Waals surface area contributed by atoms with Gasteiger partial charge in [0.1, 0.15) is 0 Å². The first kappa shape index (κ1) is 14.0. The van der Waals surface area contributed by atoms with Crippen LogP contribution in [0.5, 0.6) is 0 Å². The highest BCUT2D eigenvalue weighted by Crippen LogP contribution is 2.30. The molecular weight excluding hydrogens is 238 g/mol. The van der Waals surface area contributed by atoms with Gasteiger partial charge in [0.2, 0.25) is 0 Å². The molecule has 0 unspecified atom stereocenters. The summed E-state index contributed by atoms with van der Waals surface area (Å²) in [6.45, 7) is 6.17. The Balaban J connectivity index is 0.00000144. The summed E-state index contributed by atoms with van der Waals surface area (Å²) < 4.78 is 4.74. The molecule has 0 saturated carbocycles. The van der Waals surface area contributed by atoms with Gasteiger partial charge < -0.3 is 10.1 Å². The normalized spacial score (nSPS) is 16.6. The first-order valence-electron chi connectivity index (χ1n) is 5.47. The maximum Gasteiger partial charge on any atom is 0.337 e. The molecule has 0 aliphatic carbocycles. The van der Waals surface area contributed by atoms with E-state index in [1.165, 1.54) is 18.2 Å². The monoisotopic (exact) mass is 255 g/mol. The number of methoxy groups -OCH3 is 1. The number of benzene rings is 1. The van der Waals surface area contributed by atoms with Gasteiger partial charge in [0.15, 0.2) is 0 Å². The second kappa shape index (κ2) is 5.07. The summed E-state index contributed by atoms with van der Waals surface area (Å²) in [7, 11) is 1.41. The predicted octanol–water partition coefficient (Wildman–Crippen LogP) is 2.28. The fourth-order valence-electron chi connectivity index (χ4n) is 2.21. The molecule has 1 aromatic carbocycles. The molecule has 3 nitrogen and oxygen atoms in total. The van der Waals surface area contributed by atoms with Crippen LogP contribution in [0.2, 0.25) is 0 Å². The van der Waals surface area contributed by atoms with Crippen LogP contribution in [0.25, 0.3) is 0 Å². The highest BCUT2D eigenvalue weighted by atomic mass is 35.5. The topological polar surface area (TPSA) is 38.3 Å². The molecule has 4 heteroatoms. The van der Waals surface area contributed by atoms with Crippen molar-refractivity contribution in [1.29, 1.82) is 0 Å². The Morgan fingerprint density at radius 3 is 2.76 bits per heavy atom. The standard InChI is InChI=1S/C13H17NO2.ClH/c1-13(2)8-14-7-10-5-4-9(6-11(10)13)12(15)16-3;/h4-6,14H,7-8H2,1-3H3;1H. The molecule has 0 fully saturated rings. The van der Waals surface area contributed by atoms with Crippen molar-refractivity contribution in [2.24, 2.45) is 0 Å². The molecule has 0 bridgehead atoms. The summed E-state index contributed by atoms with van der Waals surface area (Å²) in [5.74, 6) is -0.267. The van der Waals surface area contributed by atoms with Crippen molar-refractivity contribution < 1.29 is 9.53 Å². The lowest BCUT2D eigenvalue weighted by Gasteiger charge is -2.33. The zero-order chi connectivity index (χ0) is 11.8. The van der Waals surface area contributed by atoms with Crippen LogP contribution in [0.3, 0.4) is 0 Å². The van der Waals surface area contributed by atoms with Crippen molar-refractivity contribution in [1.82, 2.24) is 5.32 Å². The minimum Gasteiger partial charge on any atom is -0.465 e. The van der Waals surface area contributed by atoms with Crippen LogP contribution in [-0.2, 0) is 16.7 Å². The molecule has 94 valence electrons. The zero-order valence-electron chi connectivity index (χ0n) is 10.4. The SMILES string of the molecule is COC(=O)c1ccc2c(c1)C(C)(C)CNC2.Cl. The van der Waals surface area contributed by atoms with Crippen LogP contribution in [0.1, 0.15) is 35.3 Å². The van der Waals surface area contributed by atoms with Crippen LogP contribution in [0.4, 0.5) is 0 Å². The van der Waals surface area contributed by atoms with Gasteiger partial charge in [0.25, 0.3) is 0 Å². The second-order valence-electron chi connectivity index (χ2n) is 4.85. The highest BCUT2D eigenvalue weighted by Gasteiger charge is 2.27. The lowest BCUT2D eigenvalue weighted by Crippen LogP contribution is -2.38. The van der Waals surface area contributed by atoms with Gasteiger partial charge in [-0.2, -0.15) is 0 Å². The predicted molar refractivity (Wildman–Crippen MR) is 69.8 cm³/mol. The Kier molecular flexibility index (Phi) is 4.17. The van der Waals surface area contributed by atoms with Crippen LogP contribution < -0.4 is 5.32 Å². The second-order valence-corrected chi connectivity index (χ2v) is 4.85. The molecule has 0 aromatic heterocycles. The summed E-state index contributed by atoms with van der Waals surface area (Å²) in [5.41, 5.74) is 3.21. The summed E-state index contributed by atoms with van der Waals surface area (Å²) in [6, 6.07) is 5.80. The van der Waals surface area contributed by atoms with E-state index < -0.39 is 0 Å². The third-order valence-corrected chi connectivity index (χ3v) is 3.14. The summed E-state index contributed by atoms with van der Waals surface area (Å²) in [6.07, 6.45) is 0. The van der Waals surface area contributed by atoms with Crippen LogP contribution >= 0.6 is 12.4 Å². The number of halogens is 1. The van der Waals surface area contributed by atoms with E-state index in [1.807, 2.05) is 18.2 Å². The average molecular weight is 256 g/mol. The number of rotatable bonds is 1. The average Bonchev–Trinajstić information content (AvgIpc) is 2.27. The van der Waals surface area contributed by atoms with Crippen molar-refractivity contribution in [3.8, 4) is 0 Å². The largest absolute Gasteiger partial charge is 0.465 e. The van der Waals surface area contributed by atoms with Crippen LogP contribution in [0, 0.1) is 0 Å². The smallest absolute Gasteiger partial charge is 0.337 e. The molecular formula is C13H18ClNO2. The summed E-state index contributed by atoms with van der Waals surface area (Å²) in [5, 5.41) is 3.38. The fourth-order valence-corrected chi connectivity index (χ4v) is 2.21. The van der Waals surface area contributed by atoms with E-state index in [2.05, 4.69) is 19.2 Å². The van der Waals surface area contributed by atoms with Gasteiger partial charge in [-0.1, -0.05) is 19.9 Å². The molecule has 0 amide bonds. The maximum absolute atomic E-state index is 11.5. The van der Waals surface area contributed by atoms with E-state index in [1.54, 1.807) is 0 Å². The Bertz CT molecular complexity index is 429. The number of fused-ring (bicyclic) bond motifs is 1. The van der Waals surface area contributed by atoms with Gasteiger partial charge in [0.05, 0.1) is 12.7 Å². The fraction of sp³-hybridized carbons (Fsp3) is 0.462. The molecule has 17 heavy (non-hydrogen) atoms. The van der Waals surface area contributed by atoms with Crippen LogP contribution in [0.15, 0.2) is 18.2 Å². The van der Waals surface area contributed by atoms with E-state index in [0.29, 0.717) is 5.56 Å². The third-order valence-electron chi connectivity index (χ3n) is 3.14. The Morgan fingerprint density at radius 1 is 1.41 bits per heavy atom. The number of hydrogen-bond donors (Lipinski definition) is 1. The Hall–Kier alpha value is -1.06. The Morgan fingerprint density at radius 2 is 2.12 bits per heavy atom. The van der Waals surface area contributed by atoms with Gasteiger partial charge in [0, 0.05) is 18.5 Å². The molecule has 1 aliphatic rings. The van der Waals surface area contributed by atoms with Gasteiger partial charge >= 0.3 is 5.97 Å². The molecule has 0 atom stereocenters. The summed E-state index contributed by atoms with van der Waals surface area (Å²) >= 11 is 0. The Labute approximate surface area is 108 Å². The number of carbonyl (C=O) groups excluding carboxylic acids is 1. The molecule has 1 N–H and O–H groups in total. The van der Waals surface area contributed by atoms with E-state index in [0.717, 1.165) is 13.1 Å². The number of esters is 1. The van der Waals surface area contributed by atoms with Gasteiger partial charge in [-0.05, 0) is 23.3 Å². The zero-order valence-corrected chi connectivity index (χ0v) is 11.2.